The van der Waals surface area contributed by atoms with E-state index in [1.807, 2.05) is 0 Å². The van der Waals surface area contributed by atoms with Crippen molar-refractivity contribution in [3.05, 3.63) is 0 Å². The van der Waals surface area contributed by atoms with Crippen LogP contribution >= 0.6 is 0 Å². The summed E-state index contributed by atoms with van der Waals surface area (Å²) in [5.74, 6) is 0.915. The van der Waals surface area contributed by atoms with Crippen LogP contribution < -0.4 is 5.32 Å². The molecule has 3 heteroatoms. The van der Waals surface area contributed by atoms with Crippen LogP contribution in [0.4, 0.5) is 0 Å². The van der Waals surface area contributed by atoms with Gasteiger partial charge in [-0.1, -0.05) is 12.8 Å². The van der Waals surface area contributed by atoms with E-state index >= 15 is 0 Å². The molecule has 0 bridgehead atoms. The second-order valence-electron chi connectivity index (χ2n) is 4.85. The van der Waals surface area contributed by atoms with Gasteiger partial charge in [-0.05, 0) is 25.8 Å². The standard InChI is InChI=1S/C12H24N2O/c1-13-12(11-4-2-3-5-11)10-14-6-8-15-9-7-14/h11-13H,2-10H2,1H3. The first-order valence-corrected chi connectivity index (χ1v) is 6.37. The molecule has 0 radical (unpaired) electrons. The third-order valence-electron chi connectivity index (χ3n) is 3.90. The van der Waals surface area contributed by atoms with E-state index in [1.54, 1.807) is 0 Å². The first-order chi connectivity index (χ1) is 7.40. The molecule has 0 aromatic rings. The zero-order valence-corrected chi connectivity index (χ0v) is 9.87. The van der Waals surface area contributed by atoms with Gasteiger partial charge >= 0.3 is 0 Å². The smallest absolute Gasteiger partial charge is 0.0594 e. The first-order valence-electron chi connectivity index (χ1n) is 6.37. The highest BCUT2D eigenvalue weighted by Crippen LogP contribution is 2.28. The van der Waals surface area contributed by atoms with Gasteiger partial charge in [0, 0.05) is 25.7 Å². The fraction of sp³-hybridized carbons (Fsp3) is 1.00. The maximum Gasteiger partial charge on any atom is 0.0594 e. The number of hydrogen-bond acceptors (Lipinski definition) is 3. The molecule has 2 rings (SSSR count). The number of ether oxygens (including phenoxy) is 1. The molecular formula is C12H24N2O. The van der Waals surface area contributed by atoms with Crippen molar-refractivity contribution in [2.75, 3.05) is 39.9 Å². The lowest BCUT2D eigenvalue weighted by atomic mass is 9.97. The highest BCUT2D eigenvalue weighted by Gasteiger charge is 2.25. The summed E-state index contributed by atoms with van der Waals surface area (Å²) >= 11 is 0. The highest BCUT2D eigenvalue weighted by atomic mass is 16.5. The molecule has 1 saturated carbocycles. The lowest BCUT2D eigenvalue weighted by molar-refractivity contribution is 0.0307. The Morgan fingerprint density at radius 2 is 1.93 bits per heavy atom. The zero-order chi connectivity index (χ0) is 10.5. The molecule has 1 atom stereocenters. The Hall–Kier alpha value is -0.120. The van der Waals surface area contributed by atoms with Crippen LogP contribution in [0.15, 0.2) is 0 Å². The van der Waals surface area contributed by atoms with Crippen molar-refractivity contribution in [3.8, 4) is 0 Å². The number of hydrogen-bond donors (Lipinski definition) is 1. The minimum Gasteiger partial charge on any atom is -0.379 e. The van der Waals surface area contributed by atoms with Crippen LogP contribution in [0.25, 0.3) is 0 Å². The maximum atomic E-state index is 5.38. The highest BCUT2D eigenvalue weighted by molar-refractivity contribution is 4.82. The van der Waals surface area contributed by atoms with Crippen molar-refractivity contribution in [2.45, 2.75) is 31.7 Å². The Morgan fingerprint density at radius 3 is 2.53 bits per heavy atom. The number of nitrogens with one attached hydrogen (secondary N) is 1. The van der Waals surface area contributed by atoms with Crippen LogP contribution in [0, 0.1) is 5.92 Å². The second kappa shape index (κ2) is 5.83. The van der Waals surface area contributed by atoms with Crippen molar-refractivity contribution >= 4 is 0 Å². The molecule has 0 amide bonds. The first kappa shape index (κ1) is 11.4. The van der Waals surface area contributed by atoms with E-state index in [1.165, 1.54) is 32.2 Å². The molecular weight excluding hydrogens is 188 g/mol. The molecule has 2 fully saturated rings. The summed E-state index contributed by atoms with van der Waals surface area (Å²) in [5, 5.41) is 3.51. The van der Waals surface area contributed by atoms with Crippen LogP contribution in [0.2, 0.25) is 0 Å². The van der Waals surface area contributed by atoms with Gasteiger partial charge in [0.2, 0.25) is 0 Å². The van der Waals surface area contributed by atoms with Gasteiger partial charge in [0.1, 0.15) is 0 Å². The van der Waals surface area contributed by atoms with Gasteiger partial charge in [0.05, 0.1) is 13.2 Å². The topological polar surface area (TPSA) is 24.5 Å². The van der Waals surface area contributed by atoms with E-state index in [-0.39, 0.29) is 0 Å². The molecule has 1 heterocycles. The van der Waals surface area contributed by atoms with Gasteiger partial charge in [-0.3, -0.25) is 4.90 Å². The molecule has 1 N–H and O–H groups in total. The number of morpholine rings is 1. The molecule has 1 unspecified atom stereocenters. The zero-order valence-electron chi connectivity index (χ0n) is 9.87. The van der Waals surface area contributed by atoms with Crippen LogP contribution in [0.1, 0.15) is 25.7 Å². The van der Waals surface area contributed by atoms with Crippen molar-refractivity contribution in [3.63, 3.8) is 0 Å². The minimum atomic E-state index is 0.700. The Bertz CT molecular complexity index is 174. The maximum absolute atomic E-state index is 5.38. The second-order valence-corrected chi connectivity index (χ2v) is 4.85. The molecule has 1 aliphatic carbocycles. The van der Waals surface area contributed by atoms with E-state index in [9.17, 15) is 0 Å². The fourth-order valence-electron chi connectivity index (χ4n) is 2.90. The van der Waals surface area contributed by atoms with Crippen LogP contribution in [0.3, 0.4) is 0 Å². The minimum absolute atomic E-state index is 0.700. The summed E-state index contributed by atoms with van der Waals surface area (Å²) in [4.78, 5) is 2.54. The molecule has 1 saturated heterocycles. The Morgan fingerprint density at radius 1 is 1.27 bits per heavy atom. The van der Waals surface area contributed by atoms with Crippen molar-refractivity contribution < 1.29 is 4.74 Å². The van der Waals surface area contributed by atoms with E-state index in [2.05, 4.69) is 17.3 Å². The van der Waals surface area contributed by atoms with Gasteiger partial charge in [-0.25, -0.2) is 0 Å². The van der Waals surface area contributed by atoms with E-state index in [4.69, 9.17) is 4.74 Å². The van der Waals surface area contributed by atoms with Gasteiger partial charge in [0.15, 0.2) is 0 Å². The quantitative estimate of drug-likeness (QED) is 0.755. The number of nitrogens with zero attached hydrogens (tertiary/aromatic N) is 1. The average molecular weight is 212 g/mol. The molecule has 15 heavy (non-hydrogen) atoms. The Kier molecular flexibility index (Phi) is 4.42. The third-order valence-corrected chi connectivity index (χ3v) is 3.90. The SMILES string of the molecule is CNC(CN1CCOCC1)C1CCCC1. The van der Waals surface area contributed by atoms with Gasteiger partial charge < -0.3 is 10.1 Å². The lowest BCUT2D eigenvalue weighted by Crippen LogP contribution is -2.47. The summed E-state index contributed by atoms with van der Waals surface area (Å²) < 4.78 is 5.38. The Balaban J connectivity index is 1.78. The van der Waals surface area contributed by atoms with Crippen molar-refractivity contribution in [1.29, 1.82) is 0 Å². The summed E-state index contributed by atoms with van der Waals surface area (Å²) in [5.41, 5.74) is 0. The molecule has 88 valence electrons. The van der Waals surface area contributed by atoms with Gasteiger partial charge in [-0.15, -0.1) is 0 Å². The molecule has 2 aliphatic rings. The molecule has 0 aromatic carbocycles. The van der Waals surface area contributed by atoms with Crippen LogP contribution in [-0.4, -0.2) is 50.8 Å². The molecule has 3 nitrogen and oxygen atoms in total. The number of rotatable bonds is 4. The normalized spacial score (nSPS) is 27.0. The largest absolute Gasteiger partial charge is 0.379 e. The van der Waals surface area contributed by atoms with E-state index in [0.29, 0.717) is 6.04 Å². The monoisotopic (exact) mass is 212 g/mol. The summed E-state index contributed by atoms with van der Waals surface area (Å²) in [6.45, 7) is 5.28. The van der Waals surface area contributed by atoms with E-state index in [0.717, 1.165) is 32.2 Å². The van der Waals surface area contributed by atoms with Crippen LogP contribution in [0.5, 0.6) is 0 Å². The Labute approximate surface area is 93.2 Å². The van der Waals surface area contributed by atoms with Gasteiger partial charge in [0.25, 0.3) is 0 Å². The summed E-state index contributed by atoms with van der Waals surface area (Å²) in [6, 6.07) is 0.700. The summed E-state index contributed by atoms with van der Waals surface area (Å²) in [7, 11) is 2.11. The fourth-order valence-corrected chi connectivity index (χ4v) is 2.90. The molecule has 0 spiro atoms. The van der Waals surface area contributed by atoms with Gasteiger partial charge in [-0.2, -0.15) is 0 Å². The van der Waals surface area contributed by atoms with Crippen molar-refractivity contribution in [2.24, 2.45) is 5.92 Å². The third kappa shape index (κ3) is 3.16. The predicted molar refractivity (Wildman–Crippen MR) is 62.1 cm³/mol. The average Bonchev–Trinajstić information content (AvgIpc) is 2.81. The molecule has 0 aromatic heterocycles. The van der Waals surface area contributed by atoms with Crippen molar-refractivity contribution in [1.82, 2.24) is 10.2 Å². The summed E-state index contributed by atoms with van der Waals surface area (Å²) in [6.07, 6.45) is 5.73. The molecule has 1 aliphatic heterocycles. The lowest BCUT2D eigenvalue weighted by Gasteiger charge is -2.32. The van der Waals surface area contributed by atoms with E-state index < -0.39 is 0 Å². The number of likely N-dealkylation sites (N-methyl/N-ethyl adjacent to an activating group) is 1. The predicted octanol–water partition coefficient (Wildman–Crippen LogP) is 1.10. The van der Waals surface area contributed by atoms with Crippen LogP contribution in [-0.2, 0) is 4.74 Å².